The summed E-state index contributed by atoms with van der Waals surface area (Å²) in [5.74, 6) is 0.434. The Labute approximate surface area is 200 Å². The van der Waals surface area contributed by atoms with Crippen molar-refractivity contribution in [1.82, 2.24) is 0 Å². The fourth-order valence-corrected chi connectivity index (χ4v) is 6.34. The van der Waals surface area contributed by atoms with E-state index >= 15 is 0 Å². The van der Waals surface area contributed by atoms with Crippen LogP contribution in [0, 0.1) is 0 Å². The largest absolute Gasteiger partial charge is 0.0848 e. The summed E-state index contributed by atoms with van der Waals surface area (Å²) >= 11 is 3.79. The highest BCUT2D eigenvalue weighted by atomic mass is 79.9. The van der Waals surface area contributed by atoms with Crippen LogP contribution >= 0.6 is 15.9 Å². The van der Waals surface area contributed by atoms with Gasteiger partial charge in [-0.2, -0.15) is 0 Å². The van der Waals surface area contributed by atoms with E-state index in [2.05, 4.69) is 128 Å². The Morgan fingerprint density at radius 3 is 2.12 bits per heavy atom. The van der Waals surface area contributed by atoms with E-state index < -0.39 is 0 Å². The Hall–Kier alpha value is -2.64. The summed E-state index contributed by atoms with van der Waals surface area (Å²) in [7, 11) is 0. The molecule has 0 saturated carbocycles. The average molecular weight is 481 g/mol. The van der Waals surface area contributed by atoms with Gasteiger partial charge >= 0.3 is 0 Å². The normalized spacial score (nSPS) is 21.4. The number of benzene rings is 3. The Balaban J connectivity index is 1.90. The van der Waals surface area contributed by atoms with E-state index in [9.17, 15) is 0 Å². The molecule has 32 heavy (non-hydrogen) atoms. The second-order valence-corrected chi connectivity index (χ2v) is 9.73. The van der Waals surface area contributed by atoms with Crippen molar-refractivity contribution in [3.63, 3.8) is 0 Å². The molecule has 0 aliphatic heterocycles. The molecule has 3 aromatic rings. The van der Waals surface area contributed by atoms with Crippen LogP contribution in [0.3, 0.4) is 0 Å². The number of hydrogen-bond donors (Lipinski definition) is 0. The van der Waals surface area contributed by atoms with Gasteiger partial charge in [-0.05, 0) is 76.4 Å². The first kappa shape index (κ1) is 21.2. The average Bonchev–Trinajstić information content (AvgIpc) is 3.05. The summed E-state index contributed by atoms with van der Waals surface area (Å²) in [6.45, 7) is 6.83. The van der Waals surface area contributed by atoms with Gasteiger partial charge in [-0.25, -0.2) is 0 Å². The van der Waals surface area contributed by atoms with Crippen LogP contribution in [0.5, 0.6) is 0 Å². The smallest absolute Gasteiger partial charge is 0.0679 e. The first-order chi connectivity index (χ1) is 15.6. The minimum atomic E-state index is -0.258. The molecule has 0 unspecified atom stereocenters. The van der Waals surface area contributed by atoms with Crippen LogP contribution in [0.2, 0.25) is 0 Å². The van der Waals surface area contributed by atoms with Crippen LogP contribution in [0.15, 0.2) is 101 Å². The van der Waals surface area contributed by atoms with Crippen molar-refractivity contribution in [2.45, 2.75) is 44.9 Å². The molecule has 0 N–H and O–H groups in total. The van der Waals surface area contributed by atoms with Crippen molar-refractivity contribution in [3.05, 3.63) is 134 Å². The molecule has 3 aromatic carbocycles. The monoisotopic (exact) mass is 480 g/mol. The van der Waals surface area contributed by atoms with Gasteiger partial charge in [0.2, 0.25) is 0 Å². The summed E-state index contributed by atoms with van der Waals surface area (Å²) in [5.41, 5.74) is 11.0. The lowest BCUT2D eigenvalue weighted by molar-refractivity contribution is 0.638. The SMILES string of the molecule is CC/C=C\C=C/C1=C(C)C2(c3cc(Br)ccc31)c1ccccc1C(CC)c1ccccc12. The van der Waals surface area contributed by atoms with E-state index in [-0.39, 0.29) is 5.41 Å². The van der Waals surface area contributed by atoms with E-state index in [0.29, 0.717) is 5.92 Å². The highest BCUT2D eigenvalue weighted by Crippen LogP contribution is 2.60. The Morgan fingerprint density at radius 2 is 1.50 bits per heavy atom. The molecule has 0 nitrogen and oxygen atoms in total. The molecule has 5 rings (SSSR count). The molecular formula is C31H29Br. The summed E-state index contributed by atoms with van der Waals surface area (Å²) in [6.07, 6.45) is 11.0. The third-order valence-electron chi connectivity index (χ3n) is 7.28. The summed E-state index contributed by atoms with van der Waals surface area (Å²) in [6, 6.07) is 25.1. The maximum atomic E-state index is 3.79. The molecule has 160 valence electrons. The third kappa shape index (κ3) is 2.94. The first-order valence-corrected chi connectivity index (χ1v) is 12.5. The summed E-state index contributed by atoms with van der Waals surface area (Å²) < 4.78 is 1.13. The molecule has 2 aliphatic rings. The zero-order valence-corrected chi connectivity index (χ0v) is 20.6. The predicted octanol–water partition coefficient (Wildman–Crippen LogP) is 8.95. The number of hydrogen-bond acceptors (Lipinski definition) is 0. The fraction of sp³-hybridized carbons (Fsp3) is 0.226. The van der Waals surface area contributed by atoms with Crippen molar-refractivity contribution in [2.24, 2.45) is 0 Å². The minimum Gasteiger partial charge on any atom is -0.0848 e. The Morgan fingerprint density at radius 1 is 0.844 bits per heavy atom. The topological polar surface area (TPSA) is 0 Å². The van der Waals surface area contributed by atoms with Crippen LogP contribution in [0.1, 0.15) is 72.9 Å². The zero-order chi connectivity index (χ0) is 22.3. The van der Waals surface area contributed by atoms with Crippen molar-refractivity contribution < 1.29 is 0 Å². The lowest BCUT2D eigenvalue weighted by Crippen LogP contribution is -2.36. The van der Waals surface area contributed by atoms with Crippen molar-refractivity contribution in [2.75, 3.05) is 0 Å². The fourth-order valence-electron chi connectivity index (χ4n) is 5.98. The minimum absolute atomic E-state index is 0.258. The molecule has 0 fully saturated rings. The molecule has 0 atom stereocenters. The zero-order valence-electron chi connectivity index (χ0n) is 19.0. The lowest BCUT2D eigenvalue weighted by Gasteiger charge is -2.43. The van der Waals surface area contributed by atoms with E-state index in [4.69, 9.17) is 0 Å². The van der Waals surface area contributed by atoms with Crippen molar-refractivity contribution in [3.8, 4) is 0 Å². The lowest BCUT2D eigenvalue weighted by atomic mass is 9.58. The van der Waals surface area contributed by atoms with E-state index in [1.807, 2.05) is 0 Å². The molecule has 0 radical (unpaired) electrons. The maximum absolute atomic E-state index is 3.79. The molecule has 0 bridgehead atoms. The van der Waals surface area contributed by atoms with Gasteiger partial charge in [-0.15, -0.1) is 0 Å². The second-order valence-electron chi connectivity index (χ2n) is 8.81. The van der Waals surface area contributed by atoms with Crippen molar-refractivity contribution >= 4 is 21.5 Å². The third-order valence-corrected chi connectivity index (χ3v) is 7.77. The number of rotatable bonds is 4. The molecule has 0 aromatic heterocycles. The van der Waals surface area contributed by atoms with Gasteiger partial charge < -0.3 is 0 Å². The molecular weight excluding hydrogens is 452 g/mol. The van der Waals surface area contributed by atoms with Gasteiger partial charge in [0.05, 0.1) is 5.41 Å². The van der Waals surface area contributed by atoms with Gasteiger partial charge in [0.15, 0.2) is 0 Å². The molecule has 0 amide bonds. The number of halogens is 1. The van der Waals surface area contributed by atoms with E-state index in [0.717, 1.165) is 17.3 Å². The second kappa shape index (κ2) is 8.37. The van der Waals surface area contributed by atoms with Crippen LogP contribution in [-0.2, 0) is 5.41 Å². The number of allylic oxidation sites excluding steroid dienone is 6. The van der Waals surface area contributed by atoms with Crippen LogP contribution in [0.25, 0.3) is 5.57 Å². The summed E-state index contributed by atoms with van der Waals surface area (Å²) in [4.78, 5) is 0. The van der Waals surface area contributed by atoms with Gasteiger partial charge in [-0.3, -0.25) is 0 Å². The Bertz CT molecular complexity index is 1220. The molecule has 2 aliphatic carbocycles. The maximum Gasteiger partial charge on any atom is 0.0679 e. The van der Waals surface area contributed by atoms with Crippen LogP contribution < -0.4 is 0 Å². The molecule has 0 heterocycles. The highest BCUT2D eigenvalue weighted by molar-refractivity contribution is 9.10. The van der Waals surface area contributed by atoms with E-state index in [1.165, 1.54) is 44.5 Å². The highest BCUT2D eigenvalue weighted by Gasteiger charge is 2.50. The predicted molar refractivity (Wildman–Crippen MR) is 140 cm³/mol. The van der Waals surface area contributed by atoms with Crippen LogP contribution in [0.4, 0.5) is 0 Å². The Kier molecular flexibility index (Phi) is 5.55. The summed E-state index contributed by atoms with van der Waals surface area (Å²) in [5, 5.41) is 0. The van der Waals surface area contributed by atoms with Gasteiger partial charge in [0.25, 0.3) is 0 Å². The molecule has 1 heteroatoms. The molecule has 0 saturated heterocycles. The van der Waals surface area contributed by atoms with E-state index in [1.54, 1.807) is 0 Å². The van der Waals surface area contributed by atoms with Crippen LogP contribution in [-0.4, -0.2) is 0 Å². The van der Waals surface area contributed by atoms with Gasteiger partial charge in [0.1, 0.15) is 0 Å². The first-order valence-electron chi connectivity index (χ1n) is 11.7. The van der Waals surface area contributed by atoms with Gasteiger partial charge in [0, 0.05) is 10.4 Å². The molecule has 1 spiro atoms. The van der Waals surface area contributed by atoms with Gasteiger partial charge in [-0.1, -0.05) is 109 Å². The number of fused-ring (bicyclic) bond motifs is 6. The van der Waals surface area contributed by atoms with Crippen molar-refractivity contribution in [1.29, 1.82) is 0 Å². The quantitative estimate of drug-likeness (QED) is 0.326. The standard InChI is InChI=1S/C31H29Br/c1-4-6-7-8-13-24-21(3)31(30-20-22(32)18-19-27(24)30)28-16-11-9-14-25(28)23(5-2)26-15-10-12-17-29(26)31/h6-20,23H,4-5H2,1-3H3/b7-6-,13-8-.